The minimum Gasteiger partial charge on any atom is -0.463 e. The monoisotopic (exact) mass is 566 g/mol. The number of imidazole rings is 1. The van der Waals surface area contributed by atoms with E-state index in [1.54, 1.807) is 0 Å². The lowest BCUT2D eigenvalue weighted by atomic mass is 9.80. The molecule has 1 amide bonds. The minimum absolute atomic E-state index is 0.0201. The first-order valence-electron chi connectivity index (χ1n) is 15.3. The third-order valence-electron chi connectivity index (χ3n) is 9.05. The molecule has 1 saturated heterocycles. The van der Waals surface area contributed by atoms with Crippen molar-refractivity contribution in [1.82, 2.24) is 19.5 Å². The summed E-state index contributed by atoms with van der Waals surface area (Å²) in [6.45, 7) is 13.8. The van der Waals surface area contributed by atoms with Crippen molar-refractivity contribution < 1.29 is 14.6 Å². The normalized spacial score (nSPS) is 24.8. The molecule has 3 fully saturated rings. The Morgan fingerprint density at radius 3 is 2.61 bits per heavy atom. The standard InChI is InChI=1S/C30H46N8O3/c1-5-23(21-7-6-8-21)32-26-24-27(35-28(34-26)25(31)33-30(39)40)36-29(37-13-14-41-17-22(37)15-18(2)3)38(24)16-20-11-9-19(4)10-12-20/h5,18-23H,1,6-17H2,2-4H3,(H2,31,33)(H,39,40)(H,32,34,35)/t19?,20?,22?,23-/m1/s1. The Morgan fingerprint density at radius 1 is 1.22 bits per heavy atom. The first-order chi connectivity index (χ1) is 19.7. The van der Waals surface area contributed by atoms with Crippen LogP contribution < -0.4 is 16.0 Å². The van der Waals surface area contributed by atoms with Crippen molar-refractivity contribution in [3.05, 3.63) is 18.5 Å². The van der Waals surface area contributed by atoms with E-state index in [1.165, 1.54) is 32.1 Å². The molecule has 41 heavy (non-hydrogen) atoms. The summed E-state index contributed by atoms with van der Waals surface area (Å²) in [5.74, 6) is 3.54. The Kier molecular flexibility index (Phi) is 9.11. The molecule has 4 N–H and O–H groups in total. The third-order valence-corrected chi connectivity index (χ3v) is 9.05. The molecule has 2 saturated carbocycles. The van der Waals surface area contributed by atoms with Gasteiger partial charge >= 0.3 is 6.09 Å². The van der Waals surface area contributed by atoms with Gasteiger partial charge in [-0.1, -0.05) is 46.1 Å². The number of hydrogen-bond donors (Lipinski definition) is 3. The van der Waals surface area contributed by atoms with E-state index in [9.17, 15) is 9.90 Å². The summed E-state index contributed by atoms with van der Waals surface area (Å²) in [5.41, 5.74) is 7.40. The zero-order chi connectivity index (χ0) is 29.1. The molecule has 2 aromatic heterocycles. The molecular weight excluding hydrogens is 520 g/mol. The summed E-state index contributed by atoms with van der Waals surface area (Å²) in [5, 5.41) is 12.9. The number of anilines is 2. The number of morpholine rings is 1. The number of nitrogens with one attached hydrogen (secondary N) is 1. The van der Waals surface area contributed by atoms with Gasteiger partial charge in [0.2, 0.25) is 5.95 Å². The zero-order valence-electron chi connectivity index (χ0n) is 24.8. The van der Waals surface area contributed by atoms with Crippen molar-refractivity contribution in [1.29, 1.82) is 0 Å². The van der Waals surface area contributed by atoms with Gasteiger partial charge in [-0.15, -0.1) is 6.58 Å². The second-order valence-electron chi connectivity index (χ2n) is 12.6. The summed E-state index contributed by atoms with van der Waals surface area (Å²) < 4.78 is 8.23. The lowest BCUT2D eigenvalue weighted by Crippen LogP contribution is -2.47. The van der Waals surface area contributed by atoms with E-state index in [0.717, 1.165) is 49.7 Å². The second kappa shape index (κ2) is 12.8. The number of carboxylic acid groups (broad SMARTS) is 1. The van der Waals surface area contributed by atoms with Crippen LogP contribution in [0.15, 0.2) is 17.6 Å². The maximum Gasteiger partial charge on any atom is 0.433 e. The van der Waals surface area contributed by atoms with Crippen LogP contribution in [0.2, 0.25) is 0 Å². The predicted octanol–water partition coefficient (Wildman–Crippen LogP) is 5.05. The highest BCUT2D eigenvalue weighted by molar-refractivity contribution is 6.01. The lowest BCUT2D eigenvalue weighted by Gasteiger charge is -2.38. The van der Waals surface area contributed by atoms with Crippen molar-refractivity contribution in [3.63, 3.8) is 0 Å². The zero-order valence-corrected chi connectivity index (χ0v) is 24.8. The highest BCUT2D eigenvalue weighted by atomic mass is 16.5. The van der Waals surface area contributed by atoms with Crippen LogP contribution in [0.3, 0.4) is 0 Å². The van der Waals surface area contributed by atoms with Crippen LogP contribution in [0.25, 0.3) is 11.2 Å². The van der Waals surface area contributed by atoms with Gasteiger partial charge in [0.1, 0.15) is 5.52 Å². The van der Waals surface area contributed by atoms with Crippen LogP contribution in [0.5, 0.6) is 0 Å². The maximum atomic E-state index is 11.3. The van der Waals surface area contributed by atoms with Gasteiger partial charge in [-0.3, -0.25) is 0 Å². The number of carbonyl (C=O) groups is 1. The summed E-state index contributed by atoms with van der Waals surface area (Å²) in [6.07, 6.45) is 9.82. The van der Waals surface area contributed by atoms with Crippen molar-refractivity contribution in [2.75, 3.05) is 30.0 Å². The van der Waals surface area contributed by atoms with Gasteiger partial charge in [0.15, 0.2) is 23.1 Å². The summed E-state index contributed by atoms with van der Waals surface area (Å²) in [6, 6.07) is 0.218. The Balaban J connectivity index is 1.66. The topological polar surface area (TPSA) is 144 Å². The highest BCUT2D eigenvalue weighted by Gasteiger charge is 2.33. The van der Waals surface area contributed by atoms with Crippen LogP contribution in [0, 0.1) is 23.7 Å². The molecule has 2 atom stereocenters. The molecule has 0 radical (unpaired) electrons. The van der Waals surface area contributed by atoms with Crippen molar-refractivity contribution in [3.8, 4) is 0 Å². The lowest BCUT2D eigenvalue weighted by molar-refractivity contribution is 0.0863. The Hall–Kier alpha value is -3.21. The molecule has 2 aliphatic carbocycles. The molecule has 224 valence electrons. The van der Waals surface area contributed by atoms with Crippen molar-refractivity contribution in [2.24, 2.45) is 34.4 Å². The van der Waals surface area contributed by atoms with Crippen molar-refractivity contribution in [2.45, 2.75) is 90.8 Å². The number of nitrogens with two attached hydrogens (primary N) is 1. The largest absolute Gasteiger partial charge is 0.463 e. The number of amides is 1. The van der Waals surface area contributed by atoms with E-state index >= 15 is 0 Å². The second-order valence-corrected chi connectivity index (χ2v) is 12.6. The van der Waals surface area contributed by atoms with E-state index < -0.39 is 6.09 Å². The van der Waals surface area contributed by atoms with E-state index in [0.29, 0.717) is 42.4 Å². The van der Waals surface area contributed by atoms with Crippen LogP contribution in [0.1, 0.15) is 78.0 Å². The first-order valence-corrected chi connectivity index (χ1v) is 15.3. The average Bonchev–Trinajstić information content (AvgIpc) is 3.26. The quantitative estimate of drug-likeness (QED) is 0.204. The van der Waals surface area contributed by atoms with E-state index in [4.69, 9.17) is 20.4 Å². The Bertz CT molecular complexity index is 1260. The molecule has 1 aliphatic heterocycles. The van der Waals surface area contributed by atoms with E-state index in [-0.39, 0.29) is 23.7 Å². The van der Waals surface area contributed by atoms with Gasteiger partial charge in [-0.25, -0.2) is 14.8 Å². The minimum atomic E-state index is -1.39. The fourth-order valence-electron chi connectivity index (χ4n) is 6.54. The average molecular weight is 567 g/mol. The van der Waals surface area contributed by atoms with Crippen LogP contribution in [-0.2, 0) is 11.3 Å². The van der Waals surface area contributed by atoms with Crippen LogP contribution in [0.4, 0.5) is 16.6 Å². The molecule has 3 aliphatic rings. The molecule has 0 aromatic carbocycles. The summed E-state index contributed by atoms with van der Waals surface area (Å²) in [4.78, 5) is 31.8. The molecule has 1 unspecified atom stereocenters. The first kappa shape index (κ1) is 29.3. The van der Waals surface area contributed by atoms with Gasteiger partial charge in [-0.2, -0.15) is 9.98 Å². The molecule has 5 rings (SSSR count). The smallest absolute Gasteiger partial charge is 0.433 e. The molecular formula is C30H46N8O3. The number of aromatic nitrogens is 4. The van der Waals surface area contributed by atoms with Gasteiger partial charge in [0, 0.05) is 19.1 Å². The SMILES string of the molecule is C=C[C@@H](Nc1nc(/C(N)=N/C(=O)O)nc2nc(N3CCOCC3CC(C)C)n(CC3CCC(C)CC3)c12)C1CCC1. The number of hydrogen-bond acceptors (Lipinski definition) is 7. The van der Waals surface area contributed by atoms with Gasteiger partial charge in [0.05, 0.1) is 19.3 Å². The number of nitrogens with zero attached hydrogens (tertiary/aromatic N) is 6. The number of fused-ring (bicyclic) bond motifs is 1. The number of amidine groups is 1. The molecule has 11 nitrogen and oxygen atoms in total. The highest BCUT2D eigenvalue weighted by Crippen LogP contribution is 2.37. The summed E-state index contributed by atoms with van der Waals surface area (Å²) >= 11 is 0. The molecule has 11 heteroatoms. The Morgan fingerprint density at radius 2 is 1.98 bits per heavy atom. The van der Waals surface area contributed by atoms with Gasteiger partial charge in [0.25, 0.3) is 0 Å². The van der Waals surface area contributed by atoms with Crippen LogP contribution >= 0.6 is 0 Å². The molecule has 3 heterocycles. The fourth-order valence-corrected chi connectivity index (χ4v) is 6.54. The molecule has 2 aromatic rings. The van der Waals surface area contributed by atoms with E-state index in [1.807, 2.05) is 6.08 Å². The van der Waals surface area contributed by atoms with Gasteiger partial charge < -0.3 is 30.4 Å². The summed E-state index contributed by atoms with van der Waals surface area (Å²) in [7, 11) is 0. The maximum absolute atomic E-state index is 11.3. The molecule has 0 spiro atoms. The van der Waals surface area contributed by atoms with Gasteiger partial charge in [-0.05, 0) is 55.8 Å². The number of aliphatic imine (C=N–C) groups is 1. The number of rotatable bonds is 10. The number of ether oxygens (including phenoxy) is 1. The fraction of sp³-hybridized carbons (Fsp3) is 0.700. The Labute approximate surface area is 242 Å². The van der Waals surface area contributed by atoms with Crippen molar-refractivity contribution >= 4 is 34.9 Å². The van der Waals surface area contributed by atoms with E-state index in [2.05, 4.69) is 52.1 Å². The molecule has 0 bridgehead atoms. The third kappa shape index (κ3) is 6.66. The van der Waals surface area contributed by atoms with Crippen LogP contribution in [-0.4, -0.2) is 68.4 Å². The predicted molar refractivity (Wildman–Crippen MR) is 162 cm³/mol.